The van der Waals surface area contributed by atoms with Crippen molar-refractivity contribution in [1.82, 2.24) is 0 Å². The maximum atomic E-state index is 10.7. The molecule has 0 heterocycles. The van der Waals surface area contributed by atoms with Crippen molar-refractivity contribution in [3.05, 3.63) is 85.0 Å². The molecule has 0 atom stereocenters. The zero-order chi connectivity index (χ0) is 19.8. The van der Waals surface area contributed by atoms with Crippen LogP contribution in [0.3, 0.4) is 0 Å². The first-order valence-electron chi connectivity index (χ1n) is 7.40. The SMILES string of the molecule is C=CCc1ccccc1S(=O)(=O)[O-].C=CCc1ccccc1S(=O)(=O)[O-].[Mg+2]. The summed E-state index contributed by atoms with van der Waals surface area (Å²) >= 11 is 0. The fourth-order valence-electron chi connectivity index (χ4n) is 2.14. The van der Waals surface area contributed by atoms with Gasteiger partial charge in [-0.2, -0.15) is 0 Å². The van der Waals surface area contributed by atoms with Crippen molar-refractivity contribution < 1.29 is 25.9 Å². The number of hydrogen-bond acceptors (Lipinski definition) is 6. The Kier molecular flexibility index (Phi) is 10.7. The van der Waals surface area contributed by atoms with Crippen LogP contribution in [0.4, 0.5) is 0 Å². The van der Waals surface area contributed by atoms with E-state index in [4.69, 9.17) is 0 Å². The maximum absolute atomic E-state index is 10.7. The van der Waals surface area contributed by atoms with Gasteiger partial charge in [-0.1, -0.05) is 48.6 Å². The summed E-state index contributed by atoms with van der Waals surface area (Å²) in [4.78, 5) is -0.315. The van der Waals surface area contributed by atoms with Crippen LogP contribution in [0, 0.1) is 0 Å². The Labute approximate surface area is 176 Å². The predicted molar refractivity (Wildman–Crippen MR) is 102 cm³/mol. The number of benzene rings is 2. The van der Waals surface area contributed by atoms with Gasteiger partial charge < -0.3 is 9.11 Å². The first kappa shape index (κ1) is 25.5. The summed E-state index contributed by atoms with van der Waals surface area (Å²) in [5.74, 6) is 0. The van der Waals surface area contributed by atoms with Crippen LogP contribution in [0.15, 0.2) is 83.6 Å². The second-order valence-corrected chi connectivity index (χ2v) is 7.81. The first-order valence-corrected chi connectivity index (χ1v) is 10.2. The Bertz CT molecular complexity index is 901. The summed E-state index contributed by atoms with van der Waals surface area (Å²) in [6, 6.07) is 12.2. The van der Waals surface area contributed by atoms with E-state index in [9.17, 15) is 25.9 Å². The molecule has 2 aromatic carbocycles. The third-order valence-electron chi connectivity index (χ3n) is 3.21. The fourth-order valence-corrected chi connectivity index (χ4v) is 3.58. The van der Waals surface area contributed by atoms with Gasteiger partial charge in [-0.15, -0.1) is 13.2 Å². The Balaban J connectivity index is 0.000000483. The van der Waals surface area contributed by atoms with Crippen molar-refractivity contribution in [3.8, 4) is 0 Å². The van der Waals surface area contributed by atoms with Crippen LogP contribution in [0.2, 0.25) is 0 Å². The molecule has 0 saturated heterocycles. The van der Waals surface area contributed by atoms with E-state index in [1.54, 1.807) is 36.4 Å². The monoisotopic (exact) mass is 418 g/mol. The van der Waals surface area contributed by atoms with Crippen LogP contribution in [0.5, 0.6) is 0 Å². The van der Waals surface area contributed by atoms with Gasteiger partial charge in [-0.25, -0.2) is 16.8 Å². The number of hydrogen-bond donors (Lipinski definition) is 0. The smallest absolute Gasteiger partial charge is 0.744 e. The van der Waals surface area contributed by atoms with Crippen molar-refractivity contribution in [2.45, 2.75) is 22.6 Å². The van der Waals surface area contributed by atoms with Crippen molar-refractivity contribution in [2.24, 2.45) is 0 Å². The quantitative estimate of drug-likeness (QED) is 0.404. The summed E-state index contributed by atoms with van der Waals surface area (Å²) in [6.07, 6.45) is 3.89. The zero-order valence-electron chi connectivity index (χ0n) is 14.6. The Morgan fingerprint density at radius 1 is 0.704 bits per heavy atom. The van der Waals surface area contributed by atoms with Gasteiger partial charge in [0, 0.05) is 0 Å². The normalized spacial score (nSPS) is 10.7. The molecule has 0 aliphatic rings. The van der Waals surface area contributed by atoms with Crippen LogP contribution in [0.25, 0.3) is 0 Å². The molecule has 0 radical (unpaired) electrons. The van der Waals surface area contributed by atoms with Crippen LogP contribution >= 0.6 is 0 Å². The van der Waals surface area contributed by atoms with E-state index in [1.807, 2.05) is 0 Å². The van der Waals surface area contributed by atoms with E-state index in [2.05, 4.69) is 13.2 Å². The second kappa shape index (κ2) is 11.4. The molecule has 0 aliphatic carbocycles. The molecule has 140 valence electrons. The molecular formula is C18H18MgO6S2. The number of rotatable bonds is 6. The summed E-state index contributed by atoms with van der Waals surface area (Å²) in [5.41, 5.74) is 0.986. The maximum Gasteiger partial charge on any atom is 2.00 e. The van der Waals surface area contributed by atoms with E-state index in [-0.39, 0.29) is 32.8 Å². The Morgan fingerprint density at radius 3 is 1.26 bits per heavy atom. The minimum absolute atomic E-state index is 0. The van der Waals surface area contributed by atoms with E-state index >= 15 is 0 Å². The van der Waals surface area contributed by atoms with Gasteiger partial charge in [-0.05, 0) is 36.1 Å². The molecule has 2 aromatic rings. The third-order valence-corrected chi connectivity index (χ3v) is 5.09. The molecule has 0 N–H and O–H groups in total. The second-order valence-electron chi connectivity index (χ2n) is 5.11. The molecule has 6 nitrogen and oxygen atoms in total. The molecule has 0 saturated carbocycles. The van der Waals surface area contributed by atoms with E-state index in [1.165, 1.54) is 24.3 Å². The largest absolute Gasteiger partial charge is 2.00 e. The van der Waals surface area contributed by atoms with Gasteiger partial charge >= 0.3 is 23.1 Å². The summed E-state index contributed by atoms with van der Waals surface area (Å²) in [6.45, 7) is 6.96. The van der Waals surface area contributed by atoms with Crippen molar-refractivity contribution in [1.29, 1.82) is 0 Å². The van der Waals surface area contributed by atoms with Gasteiger partial charge in [0.1, 0.15) is 20.2 Å². The van der Waals surface area contributed by atoms with E-state index < -0.39 is 20.2 Å². The Morgan fingerprint density at radius 2 is 1.00 bits per heavy atom. The molecule has 0 aromatic heterocycles. The molecule has 0 spiro atoms. The average Bonchev–Trinajstić information content (AvgIpc) is 2.55. The van der Waals surface area contributed by atoms with Gasteiger partial charge in [0.05, 0.1) is 9.79 Å². The van der Waals surface area contributed by atoms with Crippen molar-refractivity contribution in [2.75, 3.05) is 0 Å². The van der Waals surface area contributed by atoms with Crippen LogP contribution in [0.1, 0.15) is 11.1 Å². The fraction of sp³-hybridized carbons (Fsp3) is 0.111. The van der Waals surface area contributed by atoms with Crippen LogP contribution in [-0.4, -0.2) is 49.0 Å². The van der Waals surface area contributed by atoms with E-state index in [0.717, 1.165) is 0 Å². The van der Waals surface area contributed by atoms with Crippen LogP contribution < -0.4 is 0 Å². The molecule has 0 unspecified atom stereocenters. The third kappa shape index (κ3) is 8.37. The minimum atomic E-state index is -4.35. The molecule has 0 amide bonds. The summed E-state index contributed by atoms with van der Waals surface area (Å²) in [5, 5.41) is 0. The topological polar surface area (TPSA) is 114 Å². The average molecular weight is 419 g/mol. The van der Waals surface area contributed by atoms with Crippen molar-refractivity contribution in [3.63, 3.8) is 0 Å². The molecule has 0 bridgehead atoms. The van der Waals surface area contributed by atoms with Crippen LogP contribution in [-0.2, 0) is 33.1 Å². The predicted octanol–water partition coefficient (Wildman–Crippen LogP) is 2.26. The van der Waals surface area contributed by atoms with Gasteiger partial charge in [0.15, 0.2) is 0 Å². The summed E-state index contributed by atoms with van der Waals surface area (Å²) < 4.78 is 64.4. The molecule has 0 fully saturated rings. The Hall–Kier alpha value is -1.49. The number of allylic oxidation sites excluding steroid dienone is 2. The van der Waals surface area contributed by atoms with Gasteiger partial charge in [-0.3, -0.25) is 0 Å². The molecule has 0 aliphatic heterocycles. The van der Waals surface area contributed by atoms with Crippen molar-refractivity contribution >= 4 is 43.3 Å². The minimum Gasteiger partial charge on any atom is -0.744 e. The molecule has 9 heteroatoms. The van der Waals surface area contributed by atoms with E-state index in [0.29, 0.717) is 24.0 Å². The van der Waals surface area contributed by atoms with Gasteiger partial charge in [0.25, 0.3) is 0 Å². The van der Waals surface area contributed by atoms with Gasteiger partial charge in [0.2, 0.25) is 0 Å². The molecule has 2 rings (SSSR count). The first-order chi connectivity index (χ1) is 12.1. The summed E-state index contributed by atoms with van der Waals surface area (Å²) in [7, 11) is -8.71. The molecular weight excluding hydrogens is 401 g/mol. The zero-order valence-corrected chi connectivity index (χ0v) is 17.6. The molecule has 27 heavy (non-hydrogen) atoms. The standard InChI is InChI=1S/2C9H10O3S.Mg/c2*1-2-5-8-6-3-4-7-9(8)13(10,11)12;/h2*2-4,6-7H,1,5H2,(H,10,11,12);/q;;+2/p-2.